The van der Waals surface area contributed by atoms with E-state index in [4.69, 9.17) is 0 Å². The predicted molar refractivity (Wildman–Crippen MR) is 84.9 cm³/mol. The van der Waals surface area contributed by atoms with Crippen LogP contribution in [0.2, 0.25) is 0 Å². The Balaban J connectivity index is 2.30. The Morgan fingerprint density at radius 2 is 1.80 bits per heavy atom. The Morgan fingerprint density at radius 1 is 1.05 bits per heavy atom. The van der Waals surface area contributed by atoms with Crippen LogP contribution in [0.1, 0.15) is 48.8 Å². The zero-order valence-electron chi connectivity index (χ0n) is 12.7. The van der Waals surface area contributed by atoms with Crippen LogP contribution in [0.15, 0.2) is 42.5 Å². The van der Waals surface area contributed by atoms with Gasteiger partial charge in [0.2, 0.25) is 0 Å². The smallest absolute Gasteiger partial charge is 0.0751 e. The monoisotopic (exact) mass is 268 g/mol. The van der Waals surface area contributed by atoms with Gasteiger partial charge in [-0.05, 0) is 49.6 Å². The summed E-state index contributed by atoms with van der Waals surface area (Å²) in [5, 5.41) is 3.60. The van der Waals surface area contributed by atoms with Gasteiger partial charge < -0.3 is 5.32 Å². The number of rotatable bonds is 6. The van der Waals surface area contributed by atoms with Crippen molar-refractivity contribution < 1.29 is 0 Å². The third-order valence-electron chi connectivity index (χ3n) is 3.53. The van der Waals surface area contributed by atoms with Gasteiger partial charge in [0, 0.05) is 5.69 Å². The molecular weight excluding hydrogens is 244 g/mol. The van der Waals surface area contributed by atoms with Gasteiger partial charge in [-0.2, -0.15) is 0 Å². The molecule has 1 aromatic heterocycles. The van der Waals surface area contributed by atoms with Gasteiger partial charge in [0.05, 0.1) is 11.7 Å². The second-order valence-electron chi connectivity index (χ2n) is 5.19. The molecule has 0 amide bonds. The van der Waals surface area contributed by atoms with Crippen molar-refractivity contribution in [2.24, 2.45) is 0 Å². The van der Waals surface area contributed by atoms with E-state index in [0.29, 0.717) is 0 Å². The molecule has 2 aromatic rings. The number of hydrogen-bond acceptors (Lipinski definition) is 2. The lowest BCUT2D eigenvalue weighted by Crippen LogP contribution is -2.24. The summed E-state index contributed by atoms with van der Waals surface area (Å²) in [6.45, 7) is 7.41. The van der Waals surface area contributed by atoms with Crippen molar-refractivity contribution in [3.05, 3.63) is 65.0 Å². The number of hydrogen-bond donors (Lipinski definition) is 1. The van der Waals surface area contributed by atoms with Crippen LogP contribution in [-0.2, 0) is 6.42 Å². The summed E-state index contributed by atoms with van der Waals surface area (Å²) in [6, 6.07) is 15.3. The van der Waals surface area contributed by atoms with E-state index < -0.39 is 0 Å². The Hall–Kier alpha value is -1.67. The van der Waals surface area contributed by atoms with Crippen LogP contribution in [0.25, 0.3) is 0 Å². The molecule has 2 nitrogen and oxygen atoms in total. The summed E-state index contributed by atoms with van der Waals surface area (Å²) in [4.78, 5) is 4.68. The molecule has 106 valence electrons. The Kier molecular flexibility index (Phi) is 5.31. The first-order valence-corrected chi connectivity index (χ1v) is 7.50. The highest BCUT2D eigenvalue weighted by molar-refractivity contribution is 5.31. The molecule has 0 radical (unpaired) electrons. The minimum absolute atomic E-state index is 0.181. The second kappa shape index (κ2) is 7.20. The second-order valence-corrected chi connectivity index (χ2v) is 5.19. The molecule has 0 bridgehead atoms. The van der Waals surface area contributed by atoms with E-state index in [9.17, 15) is 0 Å². The normalized spacial score (nSPS) is 12.3. The van der Waals surface area contributed by atoms with Crippen LogP contribution in [0.5, 0.6) is 0 Å². The number of benzene rings is 1. The summed E-state index contributed by atoms with van der Waals surface area (Å²) in [6.07, 6.45) is 2.20. The van der Waals surface area contributed by atoms with Gasteiger partial charge in [-0.3, -0.25) is 4.98 Å². The number of aromatic nitrogens is 1. The highest BCUT2D eigenvalue weighted by atomic mass is 14.9. The van der Waals surface area contributed by atoms with Crippen molar-refractivity contribution >= 4 is 0 Å². The molecule has 1 unspecified atom stereocenters. The van der Waals surface area contributed by atoms with Crippen LogP contribution in [0.4, 0.5) is 0 Å². The lowest BCUT2D eigenvalue weighted by atomic mass is 10.0. The van der Waals surface area contributed by atoms with Crippen molar-refractivity contribution in [3.63, 3.8) is 0 Å². The lowest BCUT2D eigenvalue weighted by Gasteiger charge is -2.19. The quantitative estimate of drug-likeness (QED) is 0.855. The van der Waals surface area contributed by atoms with Crippen molar-refractivity contribution in [2.45, 2.75) is 39.7 Å². The minimum atomic E-state index is 0.181. The molecule has 0 saturated heterocycles. The van der Waals surface area contributed by atoms with E-state index in [1.54, 1.807) is 0 Å². The summed E-state index contributed by atoms with van der Waals surface area (Å²) < 4.78 is 0. The summed E-state index contributed by atoms with van der Waals surface area (Å²) in [7, 11) is 0. The number of nitrogens with one attached hydrogen (secondary N) is 1. The number of pyridine rings is 1. The fourth-order valence-electron chi connectivity index (χ4n) is 2.35. The highest BCUT2D eigenvalue weighted by Gasteiger charge is 2.14. The standard InChI is InChI=1S/C18H24N2/c1-4-13-19-18(17-8-6-7-14(3)20-17)16-11-9-15(5-2)10-12-16/h6-12,18-19H,4-5,13H2,1-3H3. The zero-order valence-corrected chi connectivity index (χ0v) is 12.7. The Bertz CT molecular complexity index is 531. The van der Waals surface area contributed by atoms with Gasteiger partial charge >= 0.3 is 0 Å². The van der Waals surface area contributed by atoms with Crippen molar-refractivity contribution in [3.8, 4) is 0 Å². The Morgan fingerprint density at radius 3 is 2.40 bits per heavy atom. The van der Waals surface area contributed by atoms with E-state index in [1.807, 2.05) is 13.0 Å². The van der Waals surface area contributed by atoms with Crippen LogP contribution < -0.4 is 5.32 Å². The van der Waals surface area contributed by atoms with Gasteiger partial charge in [-0.1, -0.05) is 44.2 Å². The first-order valence-electron chi connectivity index (χ1n) is 7.50. The third kappa shape index (κ3) is 3.67. The van der Waals surface area contributed by atoms with Gasteiger partial charge in [-0.15, -0.1) is 0 Å². The van der Waals surface area contributed by atoms with Gasteiger partial charge in [0.25, 0.3) is 0 Å². The Labute approximate surface area is 122 Å². The van der Waals surface area contributed by atoms with Crippen molar-refractivity contribution in [1.29, 1.82) is 0 Å². The average molecular weight is 268 g/mol. The van der Waals surface area contributed by atoms with E-state index in [2.05, 4.69) is 60.5 Å². The van der Waals surface area contributed by atoms with Crippen molar-refractivity contribution in [2.75, 3.05) is 6.54 Å². The molecule has 20 heavy (non-hydrogen) atoms. The SMILES string of the molecule is CCCNC(c1ccc(CC)cc1)c1cccc(C)n1. The van der Waals surface area contributed by atoms with Gasteiger partial charge in [0.1, 0.15) is 0 Å². The maximum Gasteiger partial charge on any atom is 0.0751 e. The molecular formula is C18H24N2. The molecule has 0 aliphatic heterocycles. The lowest BCUT2D eigenvalue weighted by molar-refractivity contribution is 0.585. The topological polar surface area (TPSA) is 24.9 Å². The maximum atomic E-state index is 4.68. The van der Waals surface area contributed by atoms with E-state index in [-0.39, 0.29) is 6.04 Å². The minimum Gasteiger partial charge on any atom is -0.305 e. The molecule has 2 rings (SSSR count). The van der Waals surface area contributed by atoms with E-state index >= 15 is 0 Å². The fraction of sp³-hybridized carbons (Fsp3) is 0.389. The molecule has 0 saturated carbocycles. The molecule has 0 aliphatic rings. The van der Waals surface area contributed by atoms with Crippen LogP contribution in [-0.4, -0.2) is 11.5 Å². The van der Waals surface area contributed by atoms with Crippen LogP contribution in [0, 0.1) is 6.92 Å². The molecule has 0 spiro atoms. The van der Waals surface area contributed by atoms with Crippen LogP contribution in [0.3, 0.4) is 0 Å². The molecule has 0 fully saturated rings. The molecule has 1 N–H and O–H groups in total. The number of aryl methyl sites for hydroxylation is 2. The highest BCUT2D eigenvalue weighted by Crippen LogP contribution is 2.21. The molecule has 0 aliphatic carbocycles. The third-order valence-corrected chi connectivity index (χ3v) is 3.53. The first-order chi connectivity index (χ1) is 9.74. The zero-order chi connectivity index (χ0) is 14.4. The molecule has 1 aromatic carbocycles. The van der Waals surface area contributed by atoms with E-state index in [1.165, 1.54) is 11.1 Å². The van der Waals surface area contributed by atoms with Crippen LogP contribution >= 0.6 is 0 Å². The predicted octanol–water partition coefficient (Wildman–Crippen LogP) is 4.04. The summed E-state index contributed by atoms with van der Waals surface area (Å²) in [5.41, 5.74) is 4.83. The molecule has 1 atom stereocenters. The first kappa shape index (κ1) is 14.7. The molecule has 1 heterocycles. The van der Waals surface area contributed by atoms with Gasteiger partial charge in [-0.25, -0.2) is 0 Å². The fourth-order valence-corrected chi connectivity index (χ4v) is 2.35. The summed E-state index contributed by atoms with van der Waals surface area (Å²) in [5.74, 6) is 0. The average Bonchev–Trinajstić information content (AvgIpc) is 2.48. The van der Waals surface area contributed by atoms with Gasteiger partial charge in [0.15, 0.2) is 0 Å². The van der Waals surface area contributed by atoms with E-state index in [0.717, 1.165) is 30.8 Å². The summed E-state index contributed by atoms with van der Waals surface area (Å²) >= 11 is 0. The van der Waals surface area contributed by atoms with Crippen molar-refractivity contribution in [1.82, 2.24) is 10.3 Å². The molecule has 2 heteroatoms. The number of nitrogens with zero attached hydrogens (tertiary/aromatic N) is 1. The maximum absolute atomic E-state index is 4.68. The largest absolute Gasteiger partial charge is 0.305 e.